The van der Waals surface area contributed by atoms with E-state index in [1.807, 2.05) is 18.2 Å². The number of carbonyl (C=O) groups is 2. The zero-order valence-corrected chi connectivity index (χ0v) is 15.2. The lowest BCUT2D eigenvalue weighted by molar-refractivity contribution is -0.116. The molecular weight excluding hydrogens is 336 g/mol. The first-order chi connectivity index (χ1) is 11.8. The highest BCUT2D eigenvalue weighted by Crippen LogP contribution is 2.12. The Labute approximate surface area is 153 Å². The molecule has 2 aromatic carbocycles. The number of ketones is 2. The second-order valence-corrected chi connectivity index (χ2v) is 5.62. The summed E-state index contributed by atoms with van der Waals surface area (Å²) >= 11 is 5.56. The van der Waals surface area contributed by atoms with Crippen molar-refractivity contribution in [2.45, 2.75) is 27.2 Å². The van der Waals surface area contributed by atoms with E-state index in [1.54, 1.807) is 43.3 Å². The largest absolute Gasteiger partial charge is 0.300 e. The zero-order valence-electron chi connectivity index (χ0n) is 14.4. The van der Waals surface area contributed by atoms with Crippen molar-refractivity contribution in [1.29, 1.82) is 5.26 Å². The third-order valence-electron chi connectivity index (χ3n) is 2.49. The van der Waals surface area contributed by atoms with Gasteiger partial charge in [-0.25, -0.2) is 4.85 Å². The molecule has 2 rings (SSSR count). The smallest absolute Gasteiger partial charge is 0.187 e. The summed E-state index contributed by atoms with van der Waals surface area (Å²) in [6, 6.07) is 15.8. The molecule has 0 fully saturated rings. The maximum atomic E-state index is 10.7. The molecule has 0 aliphatic carbocycles. The third-order valence-corrected chi connectivity index (χ3v) is 2.74. The Morgan fingerprint density at radius 1 is 1.04 bits per heavy atom. The molecule has 0 saturated carbocycles. The van der Waals surface area contributed by atoms with Crippen LogP contribution in [0.5, 0.6) is 0 Å². The van der Waals surface area contributed by atoms with Crippen molar-refractivity contribution in [3.05, 3.63) is 76.1 Å². The van der Waals surface area contributed by atoms with E-state index in [9.17, 15) is 9.59 Å². The van der Waals surface area contributed by atoms with Gasteiger partial charge in [0.1, 0.15) is 11.6 Å². The fourth-order valence-electron chi connectivity index (χ4n) is 1.50. The summed E-state index contributed by atoms with van der Waals surface area (Å²) in [5.74, 6) is 0.311. The van der Waals surface area contributed by atoms with Crippen molar-refractivity contribution >= 4 is 28.9 Å². The number of benzene rings is 2. The molecule has 0 radical (unpaired) electrons. The van der Waals surface area contributed by atoms with E-state index in [1.165, 1.54) is 13.8 Å². The molecule has 0 bridgehead atoms. The Hall–Kier alpha value is -2.95. The van der Waals surface area contributed by atoms with Crippen LogP contribution in [0.4, 0.5) is 5.69 Å². The number of halogens is 1. The normalized spacial score (nSPS) is 8.40. The SMILES string of the molecule is CC(C)=O.N#Cc1ccc(Cl)cc1.[C-]#[N+]c1ccc(CC(C)=O)cc1. The van der Waals surface area contributed by atoms with E-state index in [0.29, 0.717) is 22.7 Å². The Morgan fingerprint density at radius 3 is 1.88 bits per heavy atom. The standard InChI is InChI=1S/C10H9NO.C7H4ClN.C3H6O/c1-8(12)7-9-3-5-10(11-2)6-4-9;8-7-3-1-6(5-9)2-4-7;1-3(2)4/h3-6H,7H2,1H3;1-4H;1-2H3. The van der Waals surface area contributed by atoms with E-state index in [2.05, 4.69) is 4.85 Å². The molecule has 4 nitrogen and oxygen atoms in total. The van der Waals surface area contributed by atoms with Gasteiger partial charge in [-0.1, -0.05) is 35.9 Å². The zero-order chi connectivity index (χ0) is 19.2. The van der Waals surface area contributed by atoms with Gasteiger partial charge >= 0.3 is 0 Å². The minimum absolute atomic E-state index is 0.144. The van der Waals surface area contributed by atoms with Gasteiger partial charge < -0.3 is 4.79 Å². The van der Waals surface area contributed by atoms with Crippen LogP contribution in [0.2, 0.25) is 5.02 Å². The van der Waals surface area contributed by atoms with Crippen molar-refractivity contribution in [1.82, 2.24) is 0 Å². The van der Waals surface area contributed by atoms with Crippen LogP contribution >= 0.6 is 11.6 Å². The molecule has 0 unspecified atom stereocenters. The van der Waals surface area contributed by atoms with Crippen molar-refractivity contribution in [3.63, 3.8) is 0 Å². The number of rotatable bonds is 2. The molecule has 0 heterocycles. The van der Waals surface area contributed by atoms with Crippen molar-refractivity contribution < 1.29 is 9.59 Å². The van der Waals surface area contributed by atoms with Gasteiger partial charge in [-0.05, 0) is 50.6 Å². The van der Waals surface area contributed by atoms with Crippen LogP contribution < -0.4 is 0 Å². The molecule has 0 spiro atoms. The summed E-state index contributed by atoms with van der Waals surface area (Å²) in [5, 5.41) is 9.00. The van der Waals surface area contributed by atoms with Crippen LogP contribution in [0.15, 0.2) is 48.5 Å². The van der Waals surface area contributed by atoms with Crippen molar-refractivity contribution in [2.24, 2.45) is 0 Å². The summed E-state index contributed by atoms with van der Waals surface area (Å²) in [5.41, 5.74) is 2.22. The molecule has 2 aromatic rings. The average molecular weight is 355 g/mol. The minimum atomic E-state index is 0.144. The molecule has 0 amide bonds. The van der Waals surface area contributed by atoms with Crippen molar-refractivity contribution in [2.75, 3.05) is 0 Å². The number of nitriles is 1. The topological polar surface area (TPSA) is 62.3 Å². The molecular formula is C20H19ClN2O2. The van der Waals surface area contributed by atoms with Gasteiger partial charge in [0.2, 0.25) is 0 Å². The number of hydrogen-bond donors (Lipinski definition) is 0. The maximum Gasteiger partial charge on any atom is 0.187 e. The van der Waals surface area contributed by atoms with Gasteiger partial charge in [0.15, 0.2) is 5.69 Å². The number of carbonyl (C=O) groups excluding carboxylic acids is 2. The average Bonchev–Trinajstić information content (AvgIpc) is 2.56. The summed E-state index contributed by atoms with van der Waals surface area (Å²) in [4.78, 5) is 23.4. The first kappa shape index (κ1) is 22.1. The highest BCUT2D eigenvalue weighted by molar-refractivity contribution is 6.30. The molecule has 0 aromatic heterocycles. The summed E-state index contributed by atoms with van der Waals surface area (Å²) in [6.07, 6.45) is 0.457. The maximum absolute atomic E-state index is 10.7. The molecule has 0 aliphatic heterocycles. The third kappa shape index (κ3) is 12.2. The minimum Gasteiger partial charge on any atom is -0.300 e. The first-order valence-electron chi connectivity index (χ1n) is 7.37. The molecule has 0 atom stereocenters. The Balaban J connectivity index is 0.000000391. The molecule has 5 heteroatoms. The monoisotopic (exact) mass is 354 g/mol. The van der Waals surface area contributed by atoms with Crippen LogP contribution in [0, 0.1) is 17.9 Å². The van der Waals surface area contributed by atoms with Crippen LogP contribution in [0.25, 0.3) is 4.85 Å². The molecule has 0 N–H and O–H groups in total. The van der Waals surface area contributed by atoms with Gasteiger partial charge in [0, 0.05) is 11.4 Å². The predicted octanol–water partition coefficient (Wildman–Crippen LogP) is 5.18. The highest BCUT2D eigenvalue weighted by Gasteiger charge is 1.96. The van der Waals surface area contributed by atoms with Gasteiger partial charge in [0.05, 0.1) is 18.2 Å². The number of Topliss-reactive ketones (excluding diaryl/α,β-unsaturated/α-hetero) is 2. The lowest BCUT2D eigenvalue weighted by Gasteiger charge is -1.96. The predicted molar refractivity (Wildman–Crippen MR) is 99.6 cm³/mol. The van der Waals surface area contributed by atoms with Crippen LogP contribution in [0.1, 0.15) is 31.9 Å². The molecule has 0 aliphatic rings. The van der Waals surface area contributed by atoms with Crippen LogP contribution in [-0.4, -0.2) is 11.6 Å². The Bertz CT molecular complexity index is 763. The lowest BCUT2D eigenvalue weighted by Crippen LogP contribution is -1.94. The van der Waals surface area contributed by atoms with Crippen LogP contribution in [-0.2, 0) is 16.0 Å². The van der Waals surface area contributed by atoms with Gasteiger partial charge in [-0.15, -0.1) is 0 Å². The summed E-state index contributed by atoms with van der Waals surface area (Å²) in [6.45, 7) is 11.3. The fraction of sp³-hybridized carbons (Fsp3) is 0.200. The highest BCUT2D eigenvalue weighted by atomic mass is 35.5. The van der Waals surface area contributed by atoms with Gasteiger partial charge in [0.25, 0.3) is 0 Å². The van der Waals surface area contributed by atoms with E-state index in [0.717, 1.165) is 5.56 Å². The fourth-order valence-corrected chi connectivity index (χ4v) is 1.63. The van der Waals surface area contributed by atoms with Gasteiger partial charge in [-0.3, -0.25) is 4.79 Å². The van der Waals surface area contributed by atoms with Crippen LogP contribution in [0.3, 0.4) is 0 Å². The quantitative estimate of drug-likeness (QED) is 0.698. The lowest BCUT2D eigenvalue weighted by atomic mass is 10.1. The van der Waals surface area contributed by atoms with E-state index in [-0.39, 0.29) is 11.6 Å². The Morgan fingerprint density at radius 2 is 1.52 bits per heavy atom. The summed E-state index contributed by atoms with van der Waals surface area (Å²) < 4.78 is 0. The Kier molecular flexibility index (Phi) is 11.0. The second kappa shape index (κ2) is 12.5. The van der Waals surface area contributed by atoms with E-state index >= 15 is 0 Å². The molecule has 128 valence electrons. The molecule has 25 heavy (non-hydrogen) atoms. The summed E-state index contributed by atoms with van der Waals surface area (Å²) in [7, 11) is 0. The van der Waals surface area contributed by atoms with Gasteiger partial charge in [-0.2, -0.15) is 5.26 Å². The van der Waals surface area contributed by atoms with E-state index < -0.39 is 0 Å². The van der Waals surface area contributed by atoms with E-state index in [4.69, 9.17) is 23.4 Å². The first-order valence-corrected chi connectivity index (χ1v) is 7.75. The van der Waals surface area contributed by atoms with Crippen molar-refractivity contribution in [3.8, 4) is 6.07 Å². The number of nitrogens with zero attached hydrogens (tertiary/aromatic N) is 2. The molecule has 0 saturated heterocycles. The number of hydrogen-bond acceptors (Lipinski definition) is 3. The second-order valence-electron chi connectivity index (χ2n) is 5.18.